The Kier molecular flexibility index (Phi) is 4.99. The standard InChI is InChI=1S/C18H26N2O3S/c1-14(18-13-15-9-7-8-12-17(15)23-18)19(2)24(21,22)20(3)16-10-5-4-6-11-16/h7-9,12-14,16H,4-6,10-11H2,1-3H3. The summed E-state index contributed by atoms with van der Waals surface area (Å²) in [5.74, 6) is 0.666. The molecule has 0 N–H and O–H groups in total. The van der Waals surface area contributed by atoms with Crippen molar-refractivity contribution in [3.63, 3.8) is 0 Å². The van der Waals surface area contributed by atoms with Gasteiger partial charge in [-0.15, -0.1) is 0 Å². The van der Waals surface area contributed by atoms with Gasteiger partial charge in [-0.3, -0.25) is 0 Å². The van der Waals surface area contributed by atoms with Gasteiger partial charge in [0.15, 0.2) is 0 Å². The summed E-state index contributed by atoms with van der Waals surface area (Å²) in [6.07, 6.45) is 5.31. The van der Waals surface area contributed by atoms with Crippen LogP contribution in [0.5, 0.6) is 0 Å². The summed E-state index contributed by atoms with van der Waals surface area (Å²) in [5.41, 5.74) is 0.783. The summed E-state index contributed by atoms with van der Waals surface area (Å²) >= 11 is 0. The van der Waals surface area contributed by atoms with Gasteiger partial charge in [0.2, 0.25) is 0 Å². The number of furan rings is 1. The number of hydrogen-bond acceptors (Lipinski definition) is 3. The van der Waals surface area contributed by atoms with Gasteiger partial charge in [0.25, 0.3) is 10.2 Å². The highest BCUT2D eigenvalue weighted by Gasteiger charge is 2.34. The number of para-hydroxylation sites is 1. The number of benzene rings is 1. The molecule has 5 nitrogen and oxygen atoms in total. The fourth-order valence-corrected chi connectivity index (χ4v) is 4.92. The molecule has 1 aliphatic rings. The summed E-state index contributed by atoms with van der Waals surface area (Å²) in [6, 6.07) is 9.40. The second-order valence-corrected chi connectivity index (χ2v) is 8.74. The molecule has 24 heavy (non-hydrogen) atoms. The predicted octanol–water partition coefficient (Wildman–Crippen LogP) is 3.93. The average molecular weight is 350 g/mol. The molecule has 1 aliphatic carbocycles. The van der Waals surface area contributed by atoms with Crippen LogP contribution in [0, 0.1) is 0 Å². The SMILES string of the molecule is CC(c1cc2ccccc2o1)N(C)S(=O)(=O)N(C)C1CCCCC1. The molecular weight excluding hydrogens is 324 g/mol. The van der Waals surface area contributed by atoms with Gasteiger partial charge >= 0.3 is 0 Å². The molecule has 1 atom stereocenters. The lowest BCUT2D eigenvalue weighted by Crippen LogP contribution is -2.46. The lowest BCUT2D eigenvalue weighted by atomic mass is 9.96. The third kappa shape index (κ3) is 3.23. The molecule has 1 aromatic heterocycles. The highest BCUT2D eigenvalue weighted by atomic mass is 32.2. The Morgan fingerprint density at radius 3 is 2.46 bits per heavy atom. The van der Waals surface area contributed by atoms with Crippen molar-refractivity contribution < 1.29 is 12.8 Å². The van der Waals surface area contributed by atoms with E-state index in [1.165, 1.54) is 10.7 Å². The van der Waals surface area contributed by atoms with Crippen molar-refractivity contribution in [3.8, 4) is 0 Å². The van der Waals surface area contributed by atoms with Crippen LogP contribution in [0.4, 0.5) is 0 Å². The van der Waals surface area contributed by atoms with Crippen LogP contribution in [0.2, 0.25) is 0 Å². The first kappa shape index (κ1) is 17.5. The molecule has 1 unspecified atom stereocenters. The molecule has 1 aromatic carbocycles. The third-order valence-electron chi connectivity index (χ3n) is 5.22. The molecule has 0 spiro atoms. The number of fused-ring (bicyclic) bond motifs is 1. The minimum atomic E-state index is -3.52. The van der Waals surface area contributed by atoms with Crippen LogP contribution in [0.25, 0.3) is 11.0 Å². The molecule has 1 saturated carbocycles. The van der Waals surface area contributed by atoms with Crippen molar-refractivity contribution in [2.75, 3.05) is 14.1 Å². The minimum Gasteiger partial charge on any atom is -0.459 e. The van der Waals surface area contributed by atoms with Gasteiger partial charge in [-0.05, 0) is 31.9 Å². The van der Waals surface area contributed by atoms with E-state index in [1.54, 1.807) is 18.4 Å². The molecule has 1 fully saturated rings. The highest BCUT2D eigenvalue weighted by molar-refractivity contribution is 7.86. The van der Waals surface area contributed by atoms with Crippen molar-refractivity contribution in [1.29, 1.82) is 0 Å². The second kappa shape index (κ2) is 6.86. The van der Waals surface area contributed by atoms with Crippen LogP contribution in [-0.4, -0.2) is 37.2 Å². The summed E-state index contributed by atoms with van der Waals surface area (Å²) in [6.45, 7) is 1.87. The van der Waals surface area contributed by atoms with E-state index in [9.17, 15) is 8.42 Å². The first-order valence-electron chi connectivity index (χ1n) is 8.60. The molecule has 0 aliphatic heterocycles. The van der Waals surface area contributed by atoms with E-state index in [4.69, 9.17) is 4.42 Å². The van der Waals surface area contributed by atoms with Crippen LogP contribution in [0.3, 0.4) is 0 Å². The highest BCUT2D eigenvalue weighted by Crippen LogP contribution is 2.31. The van der Waals surface area contributed by atoms with E-state index in [0.29, 0.717) is 5.76 Å². The summed E-state index contributed by atoms with van der Waals surface area (Å²) < 4.78 is 34.7. The Morgan fingerprint density at radius 2 is 1.79 bits per heavy atom. The zero-order valence-electron chi connectivity index (χ0n) is 14.6. The van der Waals surface area contributed by atoms with Crippen LogP contribution < -0.4 is 0 Å². The van der Waals surface area contributed by atoms with Gasteiger partial charge in [-0.2, -0.15) is 17.0 Å². The van der Waals surface area contributed by atoms with Crippen molar-refractivity contribution in [3.05, 3.63) is 36.1 Å². The maximum atomic E-state index is 13.0. The smallest absolute Gasteiger partial charge is 0.282 e. The zero-order chi connectivity index (χ0) is 17.3. The number of nitrogens with zero attached hydrogens (tertiary/aromatic N) is 2. The summed E-state index contributed by atoms with van der Waals surface area (Å²) in [4.78, 5) is 0. The van der Waals surface area contributed by atoms with Gasteiger partial charge in [-0.1, -0.05) is 37.5 Å². The molecule has 0 bridgehead atoms. The van der Waals surface area contributed by atoms with Gasteiger partial charge in [0.1, 0.15) is 11.3 Å². The second-order valence-electron chi connectivity index (χ2n) is 6.69. The van der Waals surface area contributed by atoms with Crippen LogP contribution >= 0.6 is 0 Å². The quantitative estimate of drug-likeness (QED) is 0.821. The predicted molar refractivity (Wildman–Crippen MR) is 95.9 cm³/mol. The Hall–Kier alpha value is -1.37. The van der Waals surface area contributed by atoms with E-state index in [0.717, 1.165) is 36.7 Å². The molecule has 132 valence electrons. The van der Waals surface area contributed by atoms with Crippen molar-refractivity contribution >= 4 is 21.2 Å². The average Bonchev–Trinajstić information content (AvgIpc) is 3.04. The number of hydrogen-bond donors (Lipinski definition) is 0. The fraction of sp³-hybridized carbons (Fsp3) is 0.556. The minimum absolute atomic E-state index is 0.106. The number of rotatable bonds is 5. The summed E-state index contributed by atoms with van der Waals surface area (Å²) in [7, 11) is -0.184. The first-order valence-corrected chi connectivity index (χ1v) is 10.0. The first-order chi connectivity index (χ1) is 11.4. The topological polar surface area (TPSA) is 53.8 Å². The monoisotopic (exact) mass is 350 g/mol. The molecule has 3 rings (SSSR count). The zero-order valence-corrected chi connectivity index (χ0v) is 15.4. The lowest BCUT2D eigenvalue weighted by molar-refractivity contribution is 0.253. The normalized spacial score (nSPS) is 18.5. The largest absolute Gasteiger partial charge is 0.459 e. The molecular formula is C18H26N2O3S. The lowest BCUT2D eigenvalue weighted by Gasteiger charge is -2.34. The van der Waals surface area contributed by atoms with E-state index in [-0.39, 0.29) is 12.1 Å². The van der Waals surface area contributed by atoms with Crippen LogP contribution in [0.15, 0.2) is 34.7 Å². The molecule has 0 amide bonds. The van der Waals surface area contributed by atoms with E-state index >= 15 is 0 Å². The third-order valence-corrected chi connectivity index (χ3v) is 7.29. The van der Waals surface area contributed by atoms with Gasteiger partial charge in [0.05, 0.1) is 6.04 Å². The Bertz CT molecular complexity index is 760. The van der Waals surface area contributed by atoms with Gasteiger partial charge in [0, 0.05) is 25.5 Å². The van der Waals surface area contributed by atoms with E-state index in [1.807, 2.05) is 37.3 Å². The van der Waals surface area contributed by atoms with Crippen molar-refractivity contribution in [2.45, 2.75) is 51.1 Å². The molecule has 2 aromatic rings. The van der Waals surface area contributed by atoms with Crippen LogP contribution in [-0.2, 0) is 10.2 Å². The Balaban J connectivity index is 1.81. The Labute approximate surface area is 144 Å². The van der Waals surface area contributed by atoms with E-state index in [2.05, 4.69) is 0 Å². The molecule has 6 heteroatoms. The Morgan fingerprint density at radius 1 is 1.12 bits per heavy atom. The van der Waals surface area contributed by atoms with Crippen molar-refractivity contribution in [1.82, 2.24) is 8.61 Å². The molecule has 0 radical (unpaired) electrons. The van der Waals surface area contributed by atoms with Crippen molar-refractivity contribution in [2.24, 2.45) is 0 Å². The van der Waals surface area contributed by atoms with E-state index < -0.39 is 10.2 Å². The van der Waals surface area contributed by atoms with Gasteiger partial charge in [-0.25, -0.2) is 0 Å². The van der Waals surface area contributed by atoms with Gasteiger partial charge < -0.3 is 4.42 Å². The molecule has 1 heterocycles. The maximum absolute atomic E-state index is 13.0. The molecule has 0 saturated heterocycles. The summed E-state index contributed by atoms with van der Waals surface area (Å²) in [5, 5.41) is 0.991. The van der Waals surface area contributed by atoms with Crippen LogP contribution in [0.1, 0.15) is 50.8 Å². The fourth-order valence-electron chi connectivity index (χ4n) is 3.42. The maximum Gasteiger partial charge on any atom is 0.282 e.